The van der Waals surface area contributed by atoms with E-state index in [0.717, 1.165) is 0 Å². The molecule has 1 unspecified atom stereocenters. The van der Waals surface area contributed by atoms with Crippen LogP contribution in [0.3, 0.4) is 0 Å². The fraction of sp³-hybridized carbons (Fsp3) is 0.222. The van der Waals surface area contributed by atoms with Gasteiger partial charge in [0.2, 0.25) is 11.8 Å². The van der Waals surface area contributed by atoms with E-state index in [1.165, 1.54) is 6.07 Å². The predicted octanol–water partition coefficient (Wildman–Crippen LogP) is 3.01. The van der Waals surface area contributed by atoms with Crippen molar-refractivity contribution >= 4 is 32.5 Å². The number of nitrogens with zero attached hydrogens (tertiary/aromatic N) is 1. The molecule has 1 fully saturated rings. The highest BCUT2D eigenvalue weighted by Gasteiger charge is 2.32. The molecule has 0 aliphatic carbocycles. The Hall–Kier alpha value is -2.74. The molecule has 1 N–H and O–H groups in total. The number of hydrogen-bond acceptors (Lipinski definition) is 5. The van der Waals surface area contributed by atoms with Crippen molar-refractivity contribution < 1.29 is 22.0 Å². The van der Waals surface area contributed by atoms with E-state index in [0.29, 0.717) is 23.2 Å². The fourth-order valence-corrected chi connectivity index (χ4v) is 4.72. The minimum absolute atomic E-state index is 0.0539. The SMILES string of the molecule is O=C(Nc1ccc(-c2nc3cccc(F)c3o2)cc1)C1CCS(=O)(=O)C1. The molecular weight excluding hydrogens is 359 g/mol. The summed E-state index contributed by atoms with van der Waals surface area (Å²) < 4.78 is 42.1. The Bertz CT molecular complexity index is 1090. The Morgan fingerprint density at radius 1 is 1.19 bits per heavy atom. The van der Waals surface area contributed by atoms with E-state index in [1.54, 1.807) is 36.4 Å². The zero-order chi connectivity index (χ0) is 18.3. The van der Waals surface area contributed by atoms with E-state index in [4.69, 9.17) is 4.42 Å². The van der Waals surface area contributed by atoms with Gasteiger partial charge in [-0.15, -0.1) is 0 Å². The fourth-order valence-electron chi connectivity index (χ4n) is 2.98. The van der Waals surface area contributed by atoms with Gasteiger partial charge in [-0.1, -0.05) is 6.07 Å². The highest BCUT2D eigenvalue weighted by atomic mass is 32.2. The number of halogens is 1. The highest BCUT2D eigenvalue weighted by molar-refractivity contribution is 7.91. The minimum Gasteiger partial charge on any atom is -0.433 e. The Morgan fingerprint density at radius 3 is 2.62 bits per heavy atom. The number of amides is 1. The van der Waals surface area contributed by atoms with Gasteiger partial charge >= 0.3 is 0 Å². The third-order valence-corrected chi connectivity index (χ3v) is 6.14. The number of carbonyl (C=O) groups excluding carboxylic acids is 1. The maximum atomic E-state index is 13.7. The summed E-state index contributed by atoms with van der Waals surface area (Å²) in [6, 6.07) is 11.3. The monoisotopic (exact) mass is 374 g/mol. The molecule has 4 rings (SSSR count). The van der Waals surface area contributed by atoms with Crippen molar-refractivity contribution in [2.45, 2.75) is 6.42 Å². The third kappa shape index (κ3) is 3.20. The smallest absolute Gasteiger partial charge is 0.228 e. The normalized spacial score (nSPS) is 18.9. The zero-order valence-corrected chi connectivity index (χ0v) is 14.4. The second kappa shape index (κ2) is 6.21. The van der Waals surface area contributed by atoms with Crippen LogP contribution >= 0.6 is 0 Å². The Balaban J connectivity index is 1.51. The van der Waals surface area contributed by atoms with Crippen LogP contribution in [0.2, 0.25) is 0 Å². The molecule has 3 aromatic rings. The first-order valence-corrected chi connectivity index (χ1v) is 9.90. The van der Waals surface area contributed by atoms with Crippen LogP contribution in [0.4, 0.5) is 10.1 Å². The first-order valence-electron chi connectivity index (χ1n) is 8.08. The summed E-state index contributed by atoms with van der Waals surface area (Å²) in [7, 11) is -3.10. The number of carbonyl (C=O) groups is 1. The van der Waals surface area contributed by atoms with Crippen molar-refractivity contribution in [3.05, 3.63) is 48.3 Å². The molecule has 1 aromatic heterocycles. The van der Waals surface area contributed by atoms with E-state index in [1.807, 2.05) is 0 Å². The molecule has 1 atom stereocenters. The quantitative estimate of drug-likeness (QED) is 0.761. The minimum atomic E-state index is -3.10. The van der Waals surface area contributed by atoms with Gasteiger partial charge < -0.3 is 9.73 Å². The van der Waals surface area contributed by atoms with Gasteiger partial charge in [-0.2, -0.15) is 0 Å². The number of nitrogens with one attached hydrogen (secondary N) is 1. The lowest BCUT2D eigenvalue weighted by molar-refractivity contribution is -0.119. The number of hydrogen-bond donors (Lipinski definition) is 1. The summed E-state index contributed by atoms with van der Waals surface area (Å²) in [5.74, 6) is -1.06. The molecule has 26 heavy (non-hydrogen) atoms. The Kier molecular flexibility index (Phi) is 3.99. The van der Waals surface area contributed by atoms with E-state index >= 15 is 0 Å². The van der Waals surface area contributed by atoms with E-state index < -0.39 is 21.6 Å². The molecule has 0 spiro atoms. The van der Waals surface area contributed by atoms with Crippen molar-refractivity contribution in [3.8, 4) is 11.5 Å². The van der Waals surface area contributed by atoms with Crippen LogP contribution in [-0.4, -0.2) is 30.8 Å². The van der Waals surface area contributed by atoms with Gasteiger partial charge in [0.1, 0.15) is 5.52 Å². The number of sulfone groups is 1. The van der Waals surface area contributed by atoms with Crippen molar-refractivity contribution in [1.82, 2.24) is 4.98 Å². The van der Waals surface area contributed by atoms with Crippen LogP contribution in [-0.2, 0) is 14.6 Å². The van der Waals surface area contributed by atoms with Gasteiger partial charge in [-0.3, -0.25) is 4.79 Å². The predicted molar refractivity (Wildman–Crippen MR) is 94.8 cm³/mol. The molecule has 134 valence electrons. The lowest BCUT2D eigenvalue weighted by Crippen LogP contribution is -2.23. The van der Waals surface area contributed by atoms with Gasteiger partial charge in [-0.25, -0.2) is 17.8 Å². The molecule has 1 saturated heterocycles. The number of oxazole rings is 1. The number of para-hydroxylation sites is 1. The van der Waals surface area contributed by atoms with Gasteiger partial charge in [0.15, 0.2) is 21.2 Å². The maximum absolute atomic E-state index is 13.7. The molecule has 8 heteroatoms. The average Bonchev–Trinajstić information content (AvgIpc) is 3.20. The summed E-state index contributed by atoms with van der Waals surface area (Å²) in [5, 5.41) is 2.72. The van der Waals surface area contributed by atoms with Gasteiger partial charge in [-0.05, 0) is 42.8 Å². The number of anilines is 1. The van der Waals surface area contributed by atoms with Crippen LogP contribution < -0.4 is 5.32 Å². The maximum Gasteiger partial charge on any atom is 0.228 e. The van der Waals surface area contributed by atoms with Crippen LogP contribution in [0.5, 0.6) is 0 Å². The number of rotatable bonds is 3. The topological polar surface area (TPSA) is 89.3 Å². The standard InChI is InChI=1S/C18H15FN2O4S/c19-14-2-1-3-15-16(14)25-18(21-15)11-4-6-13(7-5-11)20-17(22)12-8-9-26(23,24)10-12/h1-7,12H,8-10H2,(H,20,22). The largest absolute Gasteiger partial charge is 0.433 e. The molecule has 6 nitrogen and oxygen atoms in total. The van der Waals surface area contributed by atoms with E-state index in [9.17, 15) is 17.6 Å². The summed E-state index contributed by atoms with van der Waals surface area (Å²) in [4.78, 5) is 16.4. The highest BCUT2D eigenvalue weighted by Crippen LogP contribution is 2.27. The third-order valence-electron chi connectivity index (χ3n) is 4.37. The number of fused-ring (bicyclic) bond motifs is 1. The van der Waals surface area contributed by atoms with Crippen molar-refractivity contribution in [2.75, 3.05) is 16.8 Å². The first kappa shape index (κ1) is 16.7. The lowest BCUT2D eigenvalue weighted by Gasteiger charge is -2.09. The summed E-state index contributed by atoms with van der Waals surface area (Å²) >= 11 is 0. The first-order chi connectivity index (χ1) is 12.4. The molecule has 1 aliphatic heterocycles. The second-order valence-corrected chi connectivity index (χ2v) is 8.50. The summed E-state index contributed by atoms with van der Waals surface area (Å²) in [5.41, 5.74) is 1.72. The summed E-state index contributed by atoms with van der Waals surface area (Å²) in [6.07, 6.45) is 0.348. The molecule has 1 aliphatic rings. The van der Waals surface area contributed by atoms with E-state index in [-0.39, 0.29) is 28.9 Å². The molecule has 0 saturated carbocycles. The number of benzene rings is 2. The Morgan fingerprint density at radius 2 is 1.96 bits per heavy atom. The summed E-state index contributed by atoms with van der Waals surface area (Å²) in [6.45, 7) is 0. The zero-order valence-electron chi connectivity index (χ0n) is 13.6. The van der Waals surface area contributed by atoms with Crippen LogP contribution in [0.15, 0.2) is 46.9 Å². The van der Waals surface area contributed by atoms with Crippen LogP contribution in [0.1, 0.15) is 6.42 Å². The molecule has 2 aromatic carbocycles. The van der Waals surface area contributed by atoms with E-state index in [2.05, 4.69) is 10.3 Å². The molecular formula is C18H15FN2O4S. The molecule has 0 bridgehead atoms. The lowest BCUT2D eigenvalue weighted by atomic mass is 10.1. The number of aromatic nitrogens is 1. The van der Waals surface area contributed by atoms with Gasteiger partial charge in [0.05, 0.1) is 17.4 Å². The van der Waals surface area contributed by atoms with Gasteiger partial charge in [0, 0.05) is 11.3 Å². The molecule has 2 heterocycles. The second-order valence-electron chi connectivity index (χ2n) is 6.27. The van der Waals surface area contributed by atoms with Crippen molar-refractivity contribution in [1.29, 1.82) is 0 Å². The van der Waals surface area contributed by atoms with Crippen LogP contribution in [0, 0.1) is 11.7 Å². The van der Waals surface area contributed by atoms with Gasteiger partial charge in [0.25, 0.3) is 0 Å². The van der Waals surface area contributed by atoms with Crippen LogP contribution in [0.25, 0.3) is 22.6 Å². The molecule has 0 radical (unpaired) electrons. The average molecular weight is 374 g/mol. The van der Waals surface area contributed by atoms with Crippen molar-refractivity contribution in [2.24, 2.45) is 5.92 Å². The molecule has 1 amide bonds. The Labute approximate surface area is 149 Å². The van der Waals surface area contributed by atoms with Crippen molar-refractivity contribution in [3.63, 3.8) is 0 Å².